The second-order valence-corrected chi connectivity index (χ2v) is 5.61. The zero-order valence-electron chi connectivity index (χ0n) is 11.3. The predicted molar refractivity (Wildman–Crippen MR) is 66.3 cm³/mol. The SMILES string of the molecule is C=CN(C)CC(C)(C)NC(=O)OC(C)(C)C. The normalized spacial score (nSPS) is 11.9. The van der Waals surface area contributed by atoms with E-state index in [2.05, 4.69) is 11.9 Å². The monoisotopic (exact) mass is 228 g/mol. The van der Waals surface area contributed by atoms with Gasteiger partial charge in [0.25, 0.3) is 0 Å². The molecule has 0 aromatic rings. The second kappa shape index (κ2) is 5.23. The molecule has 0 spiro atoms. The molecule has 94 valence electrons. The Morgan fingerprint density at radius 3 is 2.25 bits per heavy atom. The molecular weight excluding hydrogens is 204 g/mol. The molecule has 0 unspecified atom stereocenters. The van der Waals surface area contributed by atoms with Crippen LogP contribution < -0.4 is 5.32 Å². The molecule has 0 fully saturated rings. The summed E-state index contributed by atoms with van der Waals surface area (Å²) in [6.07, 6.45) is 1.33. The Balaban J connectivity index is 4.25. The number of hydrogen-bond acceptors (Lipinski definition) is 3. The molecule has 1 N–H and O–H groups in total. The first-order valence-corrected chi connectivity index (χ1v) is 5.40. The molecule has 0 saturated heterocycles. The molecule has 0 heterocycles. The van der Waals surface area contributed by atoms with E-state index in [1.165, 1.54) is 0 Å². The summed E-state index contributed by atoms with van der Waals surface area (Å²) in [7, 11) is 1.91. The average Bonchev–Trinajstić information content (AvgIpc) is 1.97. The van der Waals surface area contributed by atoms with Crippen LogP contribution >= 0.6 is 0 Å². The summed E-state index contributed by atoms with van der Waals surface area (Å²) in [5, 5.41) is 2.83. The minimum atomic E-state index is -0.468. The number of rotatable bonds is 4. The van der Waals surface area contributed by atoms with Crippen LogP contribution in [0, 0.1) is 0 Å². The summed E-state index contributed by atoms with van der Waals surface area (Å²) in [6, 6.07) is 0. The van der Waals surface area contributed by atoms with Crippen LogP contribution in [0.2, 0.25) is 0 Å². The summed E-state index contributed by atoms with van der Waals surface area (Å²) in [5.41, 5.74) is -0.824. The van der Waals surface area contributed by atoms with Gasteiger partial charge in [0.2, 0.25) is 0 Å². The molecule has 4 nitrogen and oxygen atoms in total. The zero-order chi connectivity index (χ0) is 13.0. The molecule has 4 heteroatoms. The number of ether oxygens (including phenoxy) is 1. The molecular formula is C12H24N2O2. The van der Waals surface area contributed by atoms with Crippen LogP contribution in [0.15, 0.2) is 12.8 Å². The van der Waals surface area contributed by atoms with Crippen LogP contribution in [0.5, 0.6) is 0 Å². The third-order valence-corrected chi connectivity index (χ3v) is 1.80. The predicted octanol–water partition coefficient (Wildman–Crippen LogP) is 2.37. The fourth-order valence-electron chi connectivity index (χ4n) is 1.31. The zero-order valence-corrected chi connectivity index (χ0v) is 11.3. The number of carbonyl (C=O) groups is 1. The van der Waals surface area contributed by atoms with Crippen LogP contribution in [0.25, 0.3) is 0 Å². The minimum absolute atomic E-state index is 0.356. The molecule has 0 aromatic carbocycles. The van der Waals surface area contributed by atoms with Crippen molar-refractivity contribution in [2.24, 2.45) is 0 Å². The number of nitrogens with one attached hydrogen (secondary N) is 1. The lowest BCUT2D eigenvalue weighted by molar-refractivity contribution is 0.0461. The van der Waals surface area contributed by atoms with Crippen molar-refractivity contribution < 1.29 is 9.53 Å². The van der Waals surface area contributed by atoms with Gasteiger partial charge in [-0.15, -0.1) is 0 Å². The number of amides is 1. The van der Waals surface area contributed by atoms with Crippen molar-refractivity contribution >= 4 is 6.09 Å². The molecule has 1 amide bonds. The topological polar surface area (TPSA) is 41.6 Å². The third-order valence-electron chi connectivity index (χ3n) is 1.80. The average molecular weight is 228 g/mol. The molecule has 0 aliphatic carbocycles. The smallest absolute Gasteiger partial charge is 0.408 e. The van der Waals surface area contributed by atoms with Gasteiger partial charge in [-0.3, -0.25) is 0 Å². The summed E-state index contributed by atoms with van der Waals surface area (Å²) in [5.74, 6) is 0. The van der Waals surface area contributed by atoms with E-state index in [4.69, 9.17) is 4.74 Å². The Morgan fingerprint density at radius 2 is 1.88 bits per heavy atom. The van der Waals surface area contributed by atoms with E-state index in [1.54, 1.807) is 6.20 Å². The van der Waals surface area contributed by atoms with Gasteiger partial charge in [-0.05, 0) is 40.8 Å². The van der Waals surface area contributed by atoms with E-state index in [1.807, 2.05) is 46.6 Å². The number of likely N-dealkylation sites (N-methyl/N-ethyl adjacent to an activating group) is 1. The summed E-state index contributed by atoms with van der Waals surface area (Å²) < 4.78 is 5.19. The quantitative estimate of drug-likeness (QED) is 0.803. The molecule has 0 aliphatic rings. The van der Waals surface area contributed by atoms with Gasteiger partial charge in [-0.1, -0.05) is 6.58 Å². The van der Waals surface area contributed by atoms with Gasteiger partial charge in [-0.2, -0.15) is 0 Å². The van der Waals surface area contributed by atoms with Gasteiger partial charge in [0.1, 0.15) is 5.60 Å². The Hall–Kier alpha value is -1.19. The summed E-state index contributed by atoms with van der Waals surface area (Å²) >= 11 is 0. The highest BCUT2D eigenvalue weighted by molar-refractivity contribution is 5.68. The number of hydrogen-bond donors (Lipinski definition) is 1. The van der Waals surface area contributed by atoms with Gasteiger partial charge in [0.15, 0.2) is 0 Å². The highest BCUT2D eigenvalue weighted by Gasteiger charge is 2.25. The number of carbonyl (C=O) groups excluding carboxylic acids is 1. The maximum Gasteiger partial charge on any atom is 0.408 e. The van der Waals surface area contributed by atoms with Crippen molar-refractivity contribution in [3.63, 3.8) is 0 Å². The fraction of sp³-hybridized carbons (Fsp3) is 0.750. The third kappa shape index (κ3) is 7.15. The van der Waals surface area contributed by atoms with Crippen molar-refractivity contribution in [2.45, 2.75) is 45.8 Å². The minimum Gasteiger partial charge on any atom is -0.444 e. The van der Waals surface area contributed by atoms with E-state index in [0.717, 1.165) is 0 Å². The lowest BCUT2D eigenvalue weighted by atomic mass is 10.1. The van der Waals surface area contributed by atoms with Gasteiger partial charge >= 0.3 is 6.09 Å². The standard InChI is InChI=1S/C12H24N2O2/c1-8-14(7)9-12(5,6)13-10(15)16-11(2,3)4/h8H,1,9H2,2-7H3,(H,13,15). The largest absolute Gasteiger partial charge is 0.444 e. The van der Waals surface area contributed by atoms with Crippen LogP contribution in [0.3, 0.4) is 0 Å². The lowest BCUT2D eigenvalue weighted by Crippen LogP contribution is -2.51. The van der Waals surface area contributed by atoms with Crippen LogP contribution in [-0.4, -0.2) is 35.7 Å². The number of alkyl carbamates (subject to hydrolysis) is 1. The van der Waals surface area contributed by atoms with Crippen molar-refractivity contribution in [3.05, 3.63) is 12.8 Å². The molecule has 0 aromatic heterocycles. The number of nitrogens with zero attached hydrogens (tertiary/aromatic N) is 1. The Bertz CT molecular complexity index is 254. The highest BCUT2D eigenvalue weighted by atomic mass is 16.6. The summed E-state index contributed by atoms with van der Waals surface area (Å²) in [4.78, 5) is 13.5. The molecule has 0 rings (SSSR count). The Kier molecular flexibility index (Phi) is 4.84. The van der Waals surface area contributed by atoms with Gasteiger partial charge in [0, 0.05) is 13.6 Å². The van der Waals surface area contributed by atoms with Crippen LogP contribution in [-0.2, 0) is 4.74 Å². The van der Waals surface area contributed by atoms with Gasteiger partial charge in [-0.25, -0.2) is 4.79 Å². The van der Waals surface area contributed by atoms with Crippen molar-refractivity contribution in [1.82, 2.24) is 10.2 Å². The van der Waals surface area contributed by atoms with Crippen molar-refractivity contribution in [2.75, 3.05) is 13.6 Å². The molecule has 0 atom stereocenters. The van der Waals surface area contributed by atoms with E-state index in [9.17, 15) is 4.79 Å². The van der Waals surface area contributed by atoms with Gasteiger partial charge in [0.05, 0.1) is 5.54 Å². The summed E-state index contributed by atoms with van der Waals surface area (Å²) in [6.45, 7) is 13.8. The van der Waals surface area contributed by atoms with Crippen LogP contribution in [0.4, 0.5) is 4.79 Å². The molecule has 0 radical (unpaired) electrons. The fourth-order valence-corrected chi connectivity index (χ4v) is 1.31. The first kappa shape index (κ1) is 14.8. The van der Waals surface area contributed by atoms with E-state index in [0.29, 0.717) is 6.54 Å². The van der Waals surface area contributed by atoms with E-state index in [-0.39, 0.29) is 5.54 Å². The van der Waals surface area contributed by atoms with Gasteiger partial charge < -0.3 is 15.0 Å². The highest BCUT2D eigenvalue weighted by Crippen LogP contribution is 2.10. The van der Waals surface area contributed by atoms with Crippen molar-refractivity contribution in [3.8, 4) is 0 Å². The molecule has 0 bridgehead atoms. The maximum atomic E-state index is 11.6. The first-order chi connectivity index (χ1) is 7.06. The first-order valence-electron chi connectivity index (χ1n) is 5.40. The lowest BCUT2D eigenvalue weighted by Gasteiger charge is -2.31. The second-order valence-electron chi connectivity index (χ2n) is 5.61. The maximum absolute atomic E-state index is 11.6. The molecule has 0 saturated carbocycles. The van der Waals surface area contributed by atoms with E-state index >= 15 is 0 Å². The van der Waals surface area contributed by atoms with Crippen molar-refractivity contribution in [1.29, 1.82) is 0 Å². The van der Waals surface area contributed by atoms with E-state index < -0.39 is 11.7 Å². The Morgan fingerprint density at radius 1 is 1.38 bits per heavy atom. The Labute approximate surface area is 98.6 Å². The molecule has 16 heavy (non-hydrogen) atoms. The molecule has 0 aliphatic heterocycles. The van der Waals surface area contributed by atoms with Crippen LogP contribution in [0.1, 0.15) is 34.6 Å².